The number of piperidine rings is 1. The van der Waals surface area contributed by atoms with Crippen LogP contribution in [-0.4, -0.2) is 58.9 Å². The molecule has 8 heteroatoms. The summed E-state index contributed by atoms with van der Waals surface area (Å²) in [6.07, 6.45) is 6.30. The Kier molecular flexibility index (Phi) is 4.50. The van der Waals surface area contributed by atoms with E-state index in [1.54, 1.807) is 23.2 Å². The van der Waals surface area contributed by atoms with E-state index in [0.717, 1.165) is 19.5 Å². The second-order valence-electron chi connectivity index (χ2n) is 6.94. The zero-order valence-electron chi connectivity index (χ0n) is 14.6. The van der Waals surface area contributed by atoms with Crippen molar-refractivity contribution in [3.63, 3.8) is 0 Å². The minimum Gasteiger partial charge on any atom is -0.430 e. The van der Waals surface area contributed by atoms with Gasteiger partial charge in [-0.15, -0.1) is 0 Å². The molecular weight excluding hydrogens is 334 g/mol. The lowest BCUT2D eigenvalue weighted by molar-refractivity contribution is 0.0977. The van der Waals surface area contributed by atoms with Gasteiger partial charge in [0.1, 0.15) is 5.69 Å². The summed E-state index contributed by atoms with van der Waals surface area (Å²) in [6.45, 7) is 3.63. The van der Waals surface area contributed by atoms with Crippen LogP contribution in [0, 0.1) is 0 Å². The van der Waals surface area contributed by atoms with E-state index in [-0.39, 0.29) is 17.5 Å². The third-order valence-corrected chi connectivity index (χ3v) is 5.28. The van der Waals surface area contributed by atoms with Gasteiger partial charge in [-0.25, -0.2) is 9.78 Å². The van der Waals surface area contributed by atoms with E-state index in [9.17, 15) is 9.59 Å². The quantitative estimate of drug-likeness (QED) is 0.874. The Morgan fingerprint density at radius 3 is 2.81 bits per heavy atom. The molecule has 2 aromatic heterocycles. The fourth-order valence-electron chi connectivity index (χ4n) is 3.92. The van der Waals surface area contributed by atoms with Crippen LogP contribution in [0.5, 0.6) is 0 Å². The van der Waals surface area contributed by atoms with Crippen LogP contribution in [0.4, 0.5) is 10.5 Å². The molecule has 8 nitrogen and oxygen atoms in total. The molecule has 1 atom stereocenters. The molecule has 4 heterocycles. The van der Waals surface area contributed by atoms with Crippen molar-refractivity contribution in [1.29, 1.82) is 0 Å². The van der Waals surface area contributed by atoms with Gasteiger partial charge in [0.25, 0.3) is 5.91 Å². The molecule has 2 saturated heterocycles. The number of urea groups is 1. The molecule has 2 aromatic rings. The molecule has 2 aliphatic rings. The van der Waals surface area contributed by atoms with Crippen molar-refractivity contribution in [3.05, 3.63) is 24.1 Å². The first-order valence-corrected chi connectivity index (χ1v) is 9.11. The molecule has 0 radical (unpaired) electrons. The molecule has 0 aliphatic carbocycles. The van der Waals surface area contributed by atoms with Crippen molar-refractivity contribution in [1.82, 2.24) is 14.8 Å². The minimum atomic E-state index is -0.731. The number of pyridine rings is 1. The highest BCUT2D eigenvalue weighted by Crippen LogP contribution is 2.30. The lowest BCUT2D eigenvalue weighted by Crippen LogP contribution is -2.42. The summed E-state index contributed by atoms with van der Waals surface area (Å²) in [5, 5.41) is 3.38. The number of nitrogens with two attached hydrogens (primary N) is 1. The number of rotatable bonds is 3. The molecule has 2 aliphatic heterocycles. The number of amides is 3. The molecule has 0 unspecified atom stereocenters. The number of furan rings is 1. The number of carbonyl (C=O) groups is 2. The van der Waals surface area contributed by atoms with Gasteiger partial charge in [-0.1, -0.05) is 6.42 Å². The first-order valence-electron chi connectivity index (χ1n) is 9.11. The zero-order chi connectivity index (χ0) is 18.1. The SMILES string of the molecule is NC(=O)c1oc2ncccc2c1NC(=O)N1CC[C@H](N2CCCCC2)C1. The Morgan fingerprint density at radius 1 is 1.23 bits per heavy atom. The molecule has 0 saturated carbocycles. The minimum absolute atomic E-state index is 0.0705. The van der Waals surface area contributed by atoms with Crippen molar-refractivity contribution >= 4 is 28.7 Å². The normalized spacial score (nSPS) is 21.2. The fraction of sp³-hybridized carbons (Fsp3) is 0.500. The van der Waals surface area contributed by atoms with Crippen LogP contribution in [0.1, 0.15) is 36.2 Å². The van der Waals surface area contributed by atoms with Crippen LogP contribution >= 0.6 is 0 Å². The number of aromatic nitrogens is 1. The lowest BCUT2D eigenvalue weighted by Gasteiger charge is -2.32. The van der Waals surface area contributed by atoms with Crippen molar-refractivity contribution in [3.8, 4) is 0 Å². The van der Waals surface area contributed by atoms with Gasteiger partial charge in [0.2, 0.25) is 11.5 Å². The molecule has 0 aromatic carbocycles. The van der Waals surface area contributed by atoms with Crippen LogP contribution in [-0.2, 0) is 0 Å². The predicted octanol–water partition coefficient (Wildman–Crippen LogP) is 2.02. The third kappa shape index (κ3) is 3.12. The number of anilines is 1. The maximum Gasteiger partial charge on any atom is 0.322 e. The van der Waals surface area contributed by atoms with E-state index in [4.69, 9.17) is 10.2 Å². The molecule has 26 heavy (non-hydrogen) atoms. The van der Waals surface area contributed by atoms with Crippen LogP contribution in [0.2, 0.25) is 0 Å². The Balaban J connectivity index is 1.49. The second kappa shape index (κ2) is 6.95. The van der Waals surface area contributed by atoms with E-state index in [1.807, 2.05) is 0 Å². The number of primary amides is 1. The van der Waals surface area contributed by atoms with Crippen LogP contribution in [0.25, 0.3) is 11.1 Å². The molecule has 0 spiro atoms. The van der Waals surface area contributed by atoms with Crippen molar-refractivity contribution < 1.29 is 14.0 Å². The van der Waals surface area contributed by atoms with Gasteiger partial charge in [-0.2, -0.15) is 0 Å². The summed E-state index contributed by atoms with van der Waals surface area (Å²) in [7, 11) is 0. The second-order valence-corrected chi connectivity index (χ2v) is 6.94. The molecule has 2 fully saturated rings. The molecule has 138 valence electrons. The largest absolute Gasteiger partial charge is 0.430 e. The van der Waals surface area contributed by atoms with Gasteiger partial charge < -0.3 is 20.4 Å². The molecule has 3 N–H and O–H groups in total. The molecular formula is C18H23N5O3. The highest BCUT2D eigenvalue weighted by molar-refractivity contribution is 6.09. The van der Waals surface area contributed by atoms with E-state index in [1.165, 1.54) is 19.3 Å². The first-order chi connectivity index (χ1) is 12.6. The van der Waals surface area contributed by atoms with E-state index in [0.29, 0.717) is 30.2 Å². The van der Waals surface area contributed by atoms with Crippen molar-refractivity contribution in [2.45, 2.75) is 31.7 Å². The summed E-state index contributed by atoms with van der Waals surface area (Å²) in [5.41, 5.74) is 5.97. The highest BCUT2D eigenvalue weighted by atomic mass is 16.4. The van der Waals surface area contributed by atoms with E-state index < -0.39 is 5.91 Å². The van der Waals surface area contributed by atoms with E-state index >= 15 is 0 Å². The Hall–Kier alpha value is -2.61. The van der Waals surface area contributed by atoms with Crippen LogP contribution < -0.4 is 11.1 Å². The van der Waals surface area contributed by atoms with Gasteiger partial charge in [0, 0.05) is 25.3 Å². The Labute approximate surface area is 151 Å². The third-order valence-electron chi connectivity index (χ3n) is 5.28. The summed E-state index contributed by atoms with van der Waals surface area (Å²) in [5.74, 6) is -0.801. The maximum absolute atomic E-state index is 12.7. The molecule has 3 amide bonds. The Morgan fingerprint density at radius 2 is 2.04 bits per heavy atom. The number of nitrogens with zero attached hydrogens (tertiary/aromatic N) is 3. The number of hydrogen-bond donors (Lipinski definition) is 2. The number of hydrogen-bond acceptors (Lipinski definition) is 5. The zero-order valence-corrected chi connectivity index (χ0v) is 14.6. The van der Waals surface area contributed by atoms with Gasteiger partial charge in [0.05, 0.1) is 5.39 Å². The highest BCUT2D eigenvalue weighted by Gasteiger charge is 2.32. The average molecular weight is 357 g/mol. The summed E-state index contributed by atoms with van der Waals surface area (Å²) >= 11 is 0. The van der Waals surface area contributed by atoms with Crippen molar-refractivity contribution in [2.75, 3.05) is 31.5 Å². The summed E-state index contributed by atoms with van der Waals surface area (Å²) in [4.78, 5) is 32.8. The fourth-order valence-corrected chi connectivity index (χ4v) is 3.92. The van der Waals surface area contributed by atoms with Gasteiger partial charge in [-0.05, 0) is 44.5 Å². The lowest BCUT2D eigenvalue weighted by atomic mass is 10.1. The van der Waals surface area contributed by atoms with Gasteiger partial charge in [0.15, 0.2) is 0 Å². The number of fused-ring (bicyclic) bond motifs is 1. The van der Waals surface area contributed by atoms with Crippen LogP contribution in [0.3, 0.4) is 0 Å². The smallest absolute Gasteiger partial charge is 0.322 e. The number of carbonyl (C=O) groups excluding carboxylic acids is 2. The summed E-state index contributed by atoms with van der Waals surface area (Å²) < 4.78 is 5.41. The Bertz CT molecular complexity index is 827. The number of likely N-dealkylation sites (tertiary alicyclic amines) is 2. The first kappa shape index (κ1) is 16.8. The van der Waals surface area contributed by atoms with E-state index in [2.05, 4.69) is 15.2 Å². The average Bonchev–Trinajstić information content (AvgIpc) is 3.28. The monoisotopic (exact) mass is 357 g/mol. The molecule has 0 bridgehead atoms. The van der Waals surface area contributed by atoms with Gasteiger partial charge in [-0.3, -0.25) is 9.69 Å². The van der Waals surface area contributed by atoms with Crippen LogP contribution in [0.15, 0.2) is 22.7 Å². The summed E-state index contributed by atoms with van der Waals surface area (Å²) in [6, 6.07) is 3.65. The predicted molar refractivity (Wildman–Crippen MR) is 96.9 cm³/mol. The van der Waals surface area contributed by atoms with Crippen molar-refractivity contribution in [2.24, 2.45) is 5.73 Å². The topological polar surface area (TPSA) is 105 Å². The standard InChI is InChI=1S/C18H23N5O3/c19-16(24)15-14(13-5-4-7-20-17(13)26-15)21-18(25)23-10-6-12(11-23)22-8-2-1-3-9-22/h4-5,7,12H,1-3,6,8-11H2,(H2,19,24)(H,21,25)/t12-/m0/s1. The van der Waals surface area contributed by atoms with Gasteiger partial charge >= 0.3 is 6.03 Å². The molecule has 4 rings (SSSR count). The number of nitrogens with one attached hydrogen (secondary N) is 1. The maximum atomic E-state index is 12.7.